The lowest BCUT2D eigenvalue weighted by molar-refractivity contribution is -0.131. The summed E-state index contributed by atoms with van der Waals surface area (Å²) in [6, 6.07) is 6.68. The third-order valence-corrected chi connectivity index (χ3v) is 1.82. The van der Waals surface area contributed by atoms with Gasteiger partial charge >= 0.3 is 5.97 Å². The van der Waals surface area contributed by atoms with Gasteiger partial charge < -0.3 is 5.11 Å². The molecule has 0 aliphatic rings. The van der Waals surface area contributed by atoms with Crippen LogP contribution in [0.1, 0.15) is 12.5 Å². The van der Waals surface area contributed by atoms with Crippen molar-refractivity contribution in [1.29, 1.82) is 0 Å². The first kappa shape index (κ1) is 10.8. The zero-order valence-electron chi connectivity index (χ0n) is 8.08. The Hall–Kier alpha value is -2.26. The van der Waals surface area contributed by atoms with E-state index >= 15 is 0 Å². The molecule has 5 nitrogen and oxygen atoms in total. The van der Waals surface area contributed by atoms with Gasteiger partial charge in [0.2, 0.25) is 0 Å². The summed E-state index contributed by atoms with van der Waals surface area (Å²) in [4.78, 5) is 13.1. The highest BCUT2D eigenvalue weighted by Crippen LogP contribution is 2.18. The highest BCUT2D eigenvalue weighted by atomic mass is 16.4. The molecule has 0 aliphatic heterocycles. The van der Waals surface area contributed by atoms with Crippen LogP contribution < -0.4 is 0 Å². The van der Waals surface area contributed by atoms with Gasteiger partial charge in [0.25, 0.3) is 0 Å². The second kappa shape index (κ2) is 4.83. The van der Waals surface area contributed by atoms with Gasteiger partial charge in [-0.3, -0.25) is 0 Å². The smallest absolute Gasteiger partial charge is 0.328 e. The van der Waals surface area contributed by atoms with E-state index in [0.29, 0.717) is 11.3 Å². The number of carbonyl (C=O) groups is 1. The molecule has 0 atom stereocenters. The molecule has 1 aromatic rings. The molecule has 0 spiro atoms. The van der Waals surface area contributed by atoms with Crippen LogP contribution in [0.3, 0.4) is 0 Å². The third-order valence-electron chi connectivity index (χ3n) is 1.82. The van der Waals surface area contributed by atoms with Gasteiger partial charge in [0, 0.05) is 16.7 Å². The molecule has 15 heavy (non-hydrogen) atoms. The number of allylic oxidation sites excluding steroid dienone is 1. The lowest BCUT2D eigenvalue weighted by Crippen LogP contribution is -1.89. The van der Waals surface area contributed by atoms with Gasteiger partial charge in [-0.15, -0.1) is 0 Å². The van der Waals surface area contributed by atoms with Crippen molar-refractivity contribution in [3.8, 4) is 0 Å². The lowest BCUT2D eigenvalue weighted by atomic mass is 10.1. The summed E-state index contributed by atoms with van der Waals surface area (Å²) in [5.74, 6) is -0.980. The quantitative estimate of drug-likeness (QED) is 0.354. The van der Waals surface area contributed by atoms with Crippen LogP contribution in [0.15, 0.2) is 35.5 Å². The van der Waals surface area contributed by atoms with Crippen LogP contribution in [0.25, 0.3) is 16.0 Å². The third kappa shape index (κ3) is 3.17. The largest absolute Gasteiger partial charge is 0.478 e. The number of hydrogen-bond donors (Lipinski definition) is 1. The standard InChI is InChI=1S/C10H9N3O2/c1-7(6-10(14)15)8-2-4-9(5-3-8)12-13-11/h2-6H,1H3,(H,14,15)/b7-6+. The van der Waals surface area contributed by atoms with Crippen molar-refractivity contribution in [2.24, 2.45) is 5.11 Å². The van der Waals surface area contributed by atoms with E-state index in [0.717, 1.165) is 11.6 Å². The van der Waals surface area contributed by atoms with Crippen molar-refractivity contribution in [2.45, 2.75) is 6.92 Å². The molecule has 0 heterocycles. The fourth-order valence-corrected chi connectivity index (χ4v) is 1.11. The monoisotopic (exact) mass is 203 g/mol. The van der Waals surface area contributed by atoms with E-state index in [-0.39, 0.29) is 0 Å². The maximum absolute atomic E-state index is 10.4. The molecular weight excluding hydrogens is 194 g/mol. The molecule has 0 radical (unpaired) electrons. The van der Waals surface area contributed by atoms with Crippen LogP contribution in [-0.4, -0.2) is 11.1 Å². The molecule has 0 saturated heterocycles. The summed E-state index contributed by atoms with van der Waals surface area (Å²) in [6.45, 7) is 1.71. The Labute approximate surface area is 86.3 Å². The molecule has 0 bridgehead atoms. The fourth-order valence-electron chi connectivity index (χ4n) is 1.11. The molecule has 0 saturated carbocycles. The minimum absolute atomic E-state index is 0.504. The molecule has 1 rings (SSSR count). The maximum Gasteiger partial charge on any atom is 0.328 e. The number of aliphatic carboxylic acids is 1. The summed E-state index contributed by atoms with van der Waals surface area (Å²) in [5, 5.41) is 12.0. The average molecular weight is 203 g/mol. The molecule has 0 aromatic heterocycles. The van der Waals surface area contributed by atoms with Crippen LogP contribution in [-0.2, 0) is 4.79 Å². The van der Waals surface area contributed by atoms with Crippen molar-refractivity contribution in [3.05, 3.63) is 46.3 Å². The van der Waals surface area contributed by atoms with E-state index in [1.165, 1.54) is 0 Å². The van der Waals surface area contributed by atoms with E-state index in [9.17, 15) is 4.79 Å². The predicted molar refractivity (Wildman–Crippen MR) is 56.5 cm³/mol. The van der Waals surface area contributed by atoms with Gasteiger partial charge in [0.15, 0.2) is 0 Å². The molecular formula is C10H9N3O2. The van der Waals surface area contributed by atoms with Crippen LogP contribution in [0.4, 0.5) is 5.69 Å². The second-order valence-corrected chi connectivity index (χ2v) is 2.90. The first-order chi connectivity index (χ1) is 7.13. The van der Waals surface area contributed by atoms with E-state index in [2.05, 4.69) is 10.0 Å². The normalized spacial score (nSPS) is 10.6. The van der Waals surface area contributed by atoms with Gasteiger partial charge in [-0.2, -0.15) is 0 Å². The Kier molecular flexibility index (Phi) is 3.49. The van der Waals surface area contributed by atoms with Crippen molar-refractivity contribution >= 4 is 17.2 Å². The van der Waals surface area contributed by atoms with E-state index in [1.807, 2.05) is 0 Å². The number of rotatable bonds is 3. The first-order valence-corrected chi connectivity index (χ1v) is 4.20. The van der Waals surface area contributed by atoms with Crippen molar-refractivity contribution in [2.75, 3.05) is 0 Å². The number of hydrogen-bond acceptors (Lipinski definition) is 2. The zero-order chi connectivity index (χ0) is 11.3. The first-order valence-electron chi connectivity index (χ1n) is 4.20. The number of carboxylic acid groups (broad SMARTS) is 1. The van der Waals surface area contributed by atoms with E-state index < -0.39 is 5.97 Å². The molecule has 0 amide bonds. The number of azide groups is 1. The SMILES string of the molecule is C/C(=C\C(=O)O)c1ccc(N=[N+]=[N-])cc1. The minimum Gasteiger partial charge on any atom is -0.478 e. The summed E-state index contributed by atoms with van der Waals surface area (Å²) < 4.78 is 0. The van der Waals surface area contributed by atoms with Gasteiger partial charge in [-0.25, -0.2) is 4.79 Å². The van der Waals surface area contributed by atoms with Crippen molar-refractivity contribution in [3.63, 3.8) is 0 Å². The molecule has 1 aromatic carbocycles. The molecule has 0 aliphatic carbocycles. The number of carboxylic acids is 1. The van der Waals surface area contributed by atoms with Crippen LogP contribution >= 0.6 is 0 Å². The zero-order valence-corrected chi connectivity index (χ0v) is 8.08. The van der Waals surface area contributed by atoms with Crippen LogP contribution in [0.5, 0.6) is 0 Å². The Morgan fingerprint density at radius 2 is 2.07 bits per heavy atom. The molecule has 0 fully saturated rings. The minimum atomic E-state index is -0.980. The maximum atomic E-state index is 10.4. The Balaban J connectivity index is 2.98. The van der Waals surface area contributed by atoms with Crippen LogP contribution in [0, 0.1) is 0 Å². The molecule has 5 heteroatoms. The lowest BCUT2D eigenvalue weighted by Gasteiger charge is -2.00. The van der Waals surface area contributed by atoms with Gasteiger partial charge in [-0.05, 0) is 23.6 Å². The number of nitrogens with zero attached hydrogens (tertiary/aromatic N) is 3. The van der Waals surface area contributed by atoms with E-state index in [4.69, 9.17) is 10.6 Å². The Bertz CT molecular complexity index is 442. The predicted octanol–water partition coefficient (Wildman–Crippen LogP) is 3.12. The summed E-state index contributed by atoms with van der Waals surface area (Å²) in [5.41, 5.74) is 10.1. The Morgan fingerprint density at radius 3 is 2.53 bits per heavy atom. The van der Waals surface area contributed by atoms with Gasteiger partial charge in [0.1, 0.15) is 0 Å². The summed E-state index contributed by atoms with van der Waals surface area (Å²) >= 11 is 0. The Morgan fingerprint density at radius 1 is 1.47 bits per heavy atom. The topological polar surface area (TPSA) is 86.1 Å². The molecule has 0 unspecified atom stereocenters. The van der Waals surface area contributed by atoms with E-state index in [1.54, 1.807) is 31.2 Å². The van der Waals surface area contributed by atoms with Crippen LogP contribution in [0.2, 0.25) is 0 Å². The average Bonchev–Trinajstić information content (AvgIpc) is 2.18. The molecule has 76 valence electrons. The highest BCUT2D eigenvalue weighted by molar-refractivity contribution is 5.89. The molecule has 1 N–H and O–H groups in total. The van der Waals surface area contributed by atoms with Crippen molar-refractivity contribution < 1.29 is 9.90 Å². The van der Waals surface area contributed by atoms with Crippen molar-refractivity contribution in [1.82, 2.24) is 0 Å². The fraction of sp³-hybridized carbons (Fsp3) is 0.100. The number of benzene rings is 1. The van der Waals surface area contributed by atoms with Gasteiger partial charge in [0.05, 0.1) is 0 Å². The summed E-state index contributed by atoms with van der Waals surface area (Å²) in [7, 11) is 0. The van der Waals surface area contributed by atoms with Gasteiger partial charge in [-0.1, -0.05) is 29.4 Å². The highest BCUT2D eigenvalue weighted by Gasteiger charge is 1.98. The second-order valence-electron chi connectivity index (χ2n) is 2.90. The summed E-state index contributed by atoms with van der Waals surface area (Å²) in [6.07, 6.45) is 1.13.